The Labute approximate surface area is 122 Å². The van der Waals surface area contributed by atoms with Gasteiger partial charge in [-0.15, -0.1) is 0 Å². The average molecular weight is 319 g/mol. The van der Waals surface area contributed by atoms with E-state index in [1.54, 1.807) is 0 Å². The maximum Gasteiger partial charge on any atom is 0.0554 e. The molecule has 2 N–H and O–H groups in total. The molecule has 3 rings (SSSR count). The van der Waals surface area contributed by atoms with Crippen LogP contribution in [0.4, 0.5) is 0 Å². The van der Waals surface area contributed by atoms with Crippen LogP contribution in [0.5, 0.6) is 0 Å². The van der Waals surface area contributed by atoms with Gasteiger partial charge in [-0.25, -0.2) is 0 Å². The van der Waals surface area contributed by atoms with Gasteiger partial charge in [0.15, 0.2) is 0 Å². The van der Waals surface area contributed by atoms with Gasteiger partial charge in [0, 0.05) is 22.4 Å². The van der Waals surface area contributed by atoms with Crippen LogP contribution >= 0.6 is 15.9 Å². The van der Waals surface area contributed by atoms with Gasteiger partial charge in [0.25, 0.3) is 0 Å². The van der Waals surface area contributed by atoms with Crippen molar-refractivity contribution in [1.82, 2.24) is 4.57 Å². The van der Waals surface area contributed by atoms with Gasteiger partial charge in [-0.05, 0) is 55.5 Å². The molecule has 2 atom stereocenters. The minimum absolute atomic E-state index is 0.222. The molecular weight excluding hydrogens is 300 g/mol. The summed E-state index contributed by atoms with van der Waals surface area (Å²) in [5.41, 5.74) is 10.3. The van der Waals surface area contributed by atoms with Gasteiger partial charge in [0.1, 0.15) is 0 Å². The van der Waals surface area contributed by atoms with Gasteiger partial charge >= 0.3 is 0 Å². The van der Waals surface area contributed by atoms with Crippen molar-refractivity contribution in [3.8, 4) is 0 Å². The lowest BCUT2D eigenvalue weighted by Crippen LogP contribution is -2.19. The highest BCUT2D eigenvalue weighted by Gasteiger charge is 2.22. The van der Waals surface area contributed by atoms with E-state index in [0.29, 0.717) is 6.04 Å². The number of rotatable bonds is 2. The number of hydrogen-bond acceptors (Lipinski definition) is 1. The summed E-state index contributed by atoms with van der Waals surface area (Å²) in [6.45, 7) is 2.25. The Hall–Kier alpha value is -1.06. The lowest BCUT2D eigenvalue weighted by molar-refractivity contribution is 0.525. The van der Waals surface area contributed by atoms with Gasteiger partial charge in [-0.2, -0.15) is 0 Å². The fraction of sp³-hybridized carbons (Fsp3) is 0.375. The molecular formula is C16H19BrN2. The van der Waals surface area contributed by atoms with Crippen LogP contribution < -0.4 is 5.73 Å². The lowest BCUT2D eigenvalue weighted by atomic mass is 9.93. The third kappa shape index (κ3) is 2.37. The smallest absolute Gasteiger partial charge is 0.0554 e. The van der Waals surface area contributed by atoms with Crippen LogP contribution in [-0.2, 0) is 6.42 Å². The first kappa shape index (κ1) is 12.9. The number of benzene rings is 1. The number of halogens is 1. The molecule has 19 heavy (non-hydrogen) atoms. The third-order valence-electron chi connectivity index (χ3n) is 4.14. The molecule has 2 aromatic rings. The number of nitrogens with zero attached hydrogens (tertiary/aromatic N) is 1. The minimum Gasteiger partial charge on any atom is -0.344 e. The molecule has 1 aliphatic carbocycles. The summed E-state index contributed by atoms with van der Waals surface area (Å²) in [4.78, 5) is 0. The van der Waals surface area contributed by atoms with Gasteiger partial charge in [0.2, 0.25) is 0 Å². The lowest BCUT2D eigenvalue weighted by Gasteiger charge is -2.24. The Balaban J connectivity index is 1.99. The Kier molecular flexibility index (Phi) is 3.50. The summed E-state index contributed by atoms with van der Waals surface area (Å²) in [5, 5.41) is 0. The summed E-state index contributed by atoms with van der Waals surface area (Å²) >= 11 is 3.55. The molecule has 1 aromatic carbocycles. The van der Waals surface area contributed by atoms with E-state index in [9.17, 15) is 0 Å². The highest BCUT2D eigenvalue weighted by Crippen LogP contribution is 2.32. The van der Waals surface area contributed by atoms with Crippen molar-refractivity contribution < 1.29 is 0 Å². The van der Waals surface area contributed by atoms with Crippen LogP contribution in [0.3, 0.4) is 0 Å². The van der Waals surface area contributed by atoms with Crippen molar-refractivity contribution in [1.29, 1.82) is 0 Å². The van der Waals surface area contributed by atoms with Crippen LogP contribution in [0.15, 0.2) is 41.0 Å². The van der Waals surface area contributed by atoms with Crippen molar-refractivity contribution in [2.24, 2.45) is 5.73 Å². The van der Waals surface area contributed by atoms with E-state index in [1.165, 1.54) is 23.2 Å². The van der Waals surface area contributed by atoms with Crippen LogP contribution in [0.25, 0.3) is 0 Å². The summed E-state index contributed by atoms with van der Waals surface area (Å²) in [7, 11) is 0. The van der Waals surface area contributed by atoms with Crippen LogP contribution in [-0.4, -0.2) is 4.57 Å². The maximum atomic E-state index is 6.20. The predicted molar refractivity (Wildman–Crippen MR) is 82.3 cm³/mol. The Bertz CT molecular complexity index is 588. The molecule has 0 bridgehead atoms. The Morgan fingerprint density at radius 1 is 1.37 bits per heavy atom. The molecule has 0 saturated heterocycles. The Morgan fingerprint density at radius 2 is 2.21 bits per heavy atom. The largest absolute Gasteiger partial charge is 0.344 e. The van der Waals surface area contributed by atoms with E-state index in [0.717, 1.165) is 17.3 Å². The van der Waals surface area contributed by atoms with Gasteiger partial charge < -0.3 is 10.3 Å². The molecule has 0 aliphatic heterocycles. The molecule has 0 spiro atoms. The van der Waals surface area contributed by atoms with Gasteiger partial charge in [-0.1, -0.05) is 28.1 Å². The number of aromatic nitrogens is 1. The molecule has 2 nitrogen and oxygen atoms in total. The fourth-order valence-electron chi connectivity index (χ4n) is 3.04. The summed E-state index contributed by atoms with van der Waals surface area (Å²) in [6, 6.07) is 11.3. The second-order valence-electron chi connectivity index (χ2n) is 5.35. The minimum atomic E-state index is 0.222. The average Bonchev–Trinajstić information content (AvgIpc) is 2.83. The summed E-state index contributed by atoms with van der Waals surface area (Å²) in [6.07, 6.45) is 5.65. The molecule has 3 heteroatoms. The quantitative estimate of drug-likeness (QED) is 0.884. The van der Waals surface area contributed by atoms with Crippen LogP contribution in [0, 0.1) is 0 Å². The van der Waals surface area contributed by atoms with Crippen LogP contribution in [0.2, 0.25) is 0 Å². The SMILES string of the molecule is CC(c1cccc(Br)c1)n1ccc2c1CCCC2N. The van der Waals surface area contributed by atoms with E-state index >= 15 is 0 Å². The molecule has 0 amide bonds. The molecule has 2 unspecified atom stereocenters. The zero-order valence-electron chi connectivity index (χ0n) is 11.1. The molecule has 1 aromatic heterocycles. The molecule has 0 radical (unpaired) electrons. The van der Waals surface area contributed by atoms with Crippen LogP contribution in [0.1, 0.15) is 48.7 Å². The first-order chi connectivity index (χ1) is 9.16. The summed E-state index contributed by atoms with van der Waals surface area (Å²) in [5.74, 6) is 0. The zero-order chi connectivity index (χ0) is 13.4. The standard InChI is InChI=1S/C16H19BrN2/c1-11(12-4-2-5-13(17)10-12)19-9-8-14-15(18)6-3-7-16(14)19/h2,4-5,8-11,15H,3,6-7,18H2,1H3. The first-order valence-corrected chi connectivity index (χ1v) is 7.67. The monoisotopic (exact) mass is 318 g/mol. The van der Waals surface area contributed by atoms with Crippen molar-refractivity contribution in [3.63, 3.8) is 0 Å². The van der Waals surface area contributed by atoms with E-state index < -0.39 is 0 Å². The number of nitrogens with two attached hydrogens (primary N) is 1. The zero-order valence-corrected chi connectivity index (χ0v) is 12.7. The second kappa shape index (κ2) is 5.14. The number of hydrogen-bond donors (Lipinski definition) is 1. The maximum absolute atomic E-state index is 6.20. The topological polar surface area (TPSA) is 30.9 Å². The van der Waals surface area contributed by atoms with Gasteiger partial charge in [0.05, 0.1) is 6.04 Å². The third-order valence-corrected chi connectivity index (χ3v) is 4.63. The van der Waals surface area contributed by atoms with Crippen molar-refractivity contribution in [2.45, 2.75) is 38.3 Å². The van der Waals surface area contributed by atoms with E-state index in [2.05, 4.69) is 63.9 Å². The van der Waals surface area contributed by atoms with Crippen molar-refractivity contribution >= 4 is 15.9 Å². The molecule has 1 aliphatic rings. The van der Waals surface area contributed by atoms with Crippen molar-refractivity contribution in [3.05, 3.63) is 57.8 Å². The molecule has 100 valence electrons. The molecule has 1 heterocycles. The Morgan fingerprint density at radius 3 is 3.00 bits per heavy atom. The highest BCUT2D eigenvalue weighted by atomic mass is 79.9. The van der Waals surface area contributed by atoms with E-state index in [1.807, 2.05) is 0 Å². The summed E-state index contributed by atoms with van der Waals surface area (Å²) < 4.78 is 3.52. The van der Waals surface area contributed by atoms with E-state index in [4.69, 9.17) is 5.73 Å². The molecule has 0 fully saturated rings. The molecule has 0 saturated carbocycles. The number of fused-ring (bicyclic) bond motifs is 1. The first-order valence-electron chi connectivity index (χ1n) is 6.87. The van der Waals surface area contributed by atoms with Crippen molar-refractivity contribution in [2.75, 3.05) is 0 Å². The predicted octanol–water partition coefficient (Wildman–Crippen LogP) is 4.20. The highest BCUT2D eigenvalue weighted by molar-refractivity contribution is 9.10. The normalized spacial score (nSPS) is 20.1. The van der Waals surface area contributed by atoms with E-state index in [-0.39, 0.29) is 6.04 Å². The fourth-order valence-corrected chi connectivity index (χ4v) is 3.46. The second-order valence-corrected chi connectivity index (χ2v) is 6.27. The van der Waals surface area contributed by atoms with Gasteiger partial charge in [-0.3, -0.25) is 0 Å².